The van der Waals surface area contributed by atoms with Crippen LogP contribution in [0.3, 0.4) is 0 Å². The highest BCUT2D eigenvalue weighted by molar-refractivity contribution is 6.17. The lowest BCUT2D eigenvalue weighted by molar-refractivity contribution is -0.417. The fourth-order valence-electron chi connectivity index (χ4n) is 0.628. The average molecular weight is 120 g/mol. The Morgan fingerprint density at radius 2 is 1.78 bits per heavy atom. The van der Waals surface area contributed by atoms with E-state index < -0.39 is 0 Å². The molecular weight excluding hydrogens is 112 g/mol. The van der Waals surface area contributed by atoms with Gasteiger partial charge in [-0.1, -0.05) is 12.2 Å². The third kappa shape index (κ3) is 1.35. The van der Waals surface area contributed by atoms with Crippen molar-refractivity contribution < 1.29 is 4.99 Å². The van der Waals surface area contributed by atoms with Crippen molar-refractivity contribution in [2.75, 3.05) is 7.05 Å². The quantitative estimate of drug-likeness (QED) is 0.409. The predicted octanol–water partition coefficient (Wildman–Crippen LogP) is -0.726. The van der Waals surface area contributed by atoms with Crippen LogP contribution in [-0.2, 0) is 0 Å². The highest BCUT2D eigenvalue weighted by atomic mass is 14.7. The van der Waals surface area contributed by atoms with Crippen molar-refractivity contribution in [1.29, 1.82) is 0 Å². The van der Waals surface area contributed by atoms with Crippen molar-refractivity contribution in [2.24, 2.45) is 0 Å². The minimum Gasteiger partial charge on any atom is -0.804 e. The summed E-state index contributed by atoms with van der Waals surface area (Å²) in [4.78, 5) is 2.94. The van der Waals surface area contributed by atoms with E-state index in [4.69, 9.17) is 5.41 Å². The number of hydrogen-bond acceptors (Lipinski definition) is 0. The molecule has 1 N–H and O–H groups in total. The first-order valence-corrected chi connectivity index (χ1v) is 2.79. The lowest BCUT2D eigenvalue weighted by Gasteiger charge is -2.01. The molecule has 0 spiro atoms. The molecule has 0 atom stereocenters. The van der Waals surface area contributed by atoms with Gasteiger partial charge in [-0.05, 0) is 0 Å². The normalized spacial score (nSPS) is 16.6. The molecule has 2 nitrogen and oxygen atoms in total. The largest absolute Gasteiger partial charge is 0.804 e. The van der Waals surface area contributed by atoms with Gasteiger partial charge in [0.1, 0.15) is 7.05 Å². The number of allylic oxidation sites excluding steroid dienone is 4. The topological polar surface area (TPSA) is 36.3 Å². The number of hydrogen-bond donors (Lipinski definition) is 1. The molecule has 0 fully saturated rings. The monoisotopic (exact) mass is 120 g/mol. The van der Waals surface area contributed by atoms with E-state index in [0.29, 0.717) is 5.71 Å². The van der Waals surface area contributed by atoms with Crippen molar-refractivity contribution in [3.63, 3.8) is 0 Å². The molecule has 0 saturated carbocycles. The van der Waals surface area contributed by atoms with Crippen molar-refractivity contribution in [3.8, 4) is 0 Å². The van der Waals surface area contributed by atoms with Crippen LogP contribution >= 0.6 is 0 Å². The summed E-state index contributed by atoms with van der Waals surface area (Å²) in [5.74, 6) is 0. The van der Waals surface area contributed by atoms with Gasteiger partial charge in [0.05, 0.1) is 0 Å². The van der Waals surface area contributed by atoms with Crippen LogP contribution in [0.25, 0.3) is 5.41 Å². The van der Waals surface area contributed by atoms with Crippen LogP contribution in [-0.4, -0.2) is 18.5 Å². The summed E-state index contributed by atoms with van der Waals surface area (Å²) in [6, 6.07) is 0. The molecule has 0 bridgehead atoms. The van der Waals surface area contributed by atoms with Gasteiger partial charge >= 0.3 is 0 Å². The lowest BCUT2D eigenvalue weighted by Crippen LogP contribution is -2.67. The van der Waals surface area contributed by atoms with Crippen LogP contribution in [0.5, 0.6) is 0 Å². The number of nitrogens with zero attached hydrogens (tertiary/aromatic N) is 1. The molecular formula is C7H8N2. The Hall–Kier alpha value is -1.18. The Balaban J connectivity index is 2.82. The molecule has 1 aliphatic carbocycles. The van der Waals surface area contributed by atoms with Crippen LogP contribution in [0.1, 0.15) is 0 Å². The maximum absolute atomic E-state index is 8.82. The summed E-state index contributed by atoms with van der Waals surface area (Å²) >= 11 is 0. The van der Waals surface area contributed by atoms with Crippen molar-refractivity contribution in [2.45, 2.75) is 0 Å². The summed E-state index contributed by atoms with van der Waals surface area (Å²) in [6.45, 7) is 0. The van der Waals surface area contributed by atoms with Gasteiger partial charge in [-0.25, -0.2) is 4.99 Å². The summed E-state index contributed by atoms with van der Waals surface area (Å²) in [5.41, 5.74) is 1.31. The predicted molar refractivity (Wildman–Crippen MR) is 38.5 cm³/mol. The standard InChI is InChI=1S/C7H7N2/c1-9-7-4-2-6(8)3-5-7/h2-5H,1H3/q-1/p+1. The molecule has 0 aromatic heterocycles. The Morgan fingerprint density at radius 1 is 1.22 bits per heavy atom. The third-order valence-corrected chi connectivity index (χ3v) is 1.16. The van der Waals surface area contributed by atoms with Crippen molar-refractivity contribution in [1.82, 2.24) is 0 Å². The van der Waals surface area contributed by atoms with Gasteiger partial charge in [0.2, 0.25) is 0 Å². The van der Waals surface area contributed by atoms with Gasteiger partial charge in [-0.2, -0.15) is 5.71 Å². The van der Waals surface area contributed by atoms with E-state index >= 15 is 0 Å². The van der Waals surface area contributed by atoms with Crippen LogP contribution in [0.15, 0.2) is 24.3 Å². The zero-order valence-electron chi connectivity index (χ0n) is 5.26. The third-order valence-electron chi connectivity index (χ3n) is 1.16. The van der Waals surface area contributed by atoms with E-state index in [9.17, 15) is 0 Å². The first kappa shape index (κ1) is 5.95. The van der Waals surface area contributed by atoms with Gasteiger partial charge in [0, 0.05) is 12.2 Å². The molecule has 0 unspecified atom stereocenters. The first-order valence-electron chi connectivity index (χ1n) is 2.79. The minimum absolute atomic E-state index is 0.300. The van der Waals surface area contributed by atoms with Crippen LogP contribution < -0.4 is 4.99 Å². The zero-order valence-corrected chi connectivity index (χ0v) is 5.26. The smallest absolute Gasteiger partial charge is 0.197 e. The van der Waals surface area contributed by atoms with Gasteiger partial charge in [-0.3, -0.25) is 0 Å². The highest BCUT2D eigenvalue weighted by Crippen LogP contribution is 1.90. The Kier molecular flexibility index (Phi) is 1.58. The summed E-state index contributed by atoms with van der Waals surface area (Å²) < 4.78 is 0. The molecule has 2 heteroatoms. The SMILES string of the molecule is C[NH+]=C1C=CC(=[N-])C=C1. The molecule has 0 aromatic rings. The second kappa shape index (κ2) is 2.40. The minimum atomic E-state index is 0.300. The van der Waals surface area contributed by atoms with E-state index in [1.165, 1.54) is 0 Å². The first-order chi connectivity index (χ1) is 4.33. The summed E-state index contributed by atoms with van der Waals surface area (Å²) in [5, 5.41) is 8.82. The van der Waals surface area contributed by atoms with Crippen LogP contribution in [0, 0.1) is 0 Å². The average Bonchev–Trinajstić information content (AvgIpc) is 1.90. The van der Waals surface area contributed by atoms with Gasteiger partial charge in [0.15, 0.2) is 5.71 Å². The summed E-state index contributed by atoms with van der Waals surface area (Å²) in [7, 11) is 1.84. The Morgan fingerprint density at radius 3 is 2.22 bits per heavy atom. The molecule has 0 saturated heterocycles. The van der Waals surface area contributed by atoms with E-state index in [-0.39, 0.29) is 0 Å². The molecule has 46 valence electrons. The molecule has 1 rings (SSSR count). The Bertz CT molecular complexity index is 191. The molecule has 0 heterocycles. The Labute approximate surface area is 54.1 Å². The molecule has 0 aromatic carbocycles. The maximum atomic E-state index is 8.82. The molecule has 0 aliphatic heterocycles. The fraction of sp³-hybridized carbons (Fsp3) is 0.143. The van der Waals surface area contributed by atoms with Crippen molar-refractivity contribution >= 4 is 11.4 Å². The second-order valence-corrected chi connectivity index (χ2v) is 1.80. The zero-order chi connectivity index (χ0) is 6.69. The second-order valence-electron chi connectivity index (χ2n) is 1.80. The molecule has 0 radical (unpaired) electrons. The van der Waals surface area contributed by atoms with Crippen LogP contribution in [0.2, 0.25) is 0 Å². The lowest BCUT2D eigenvalue weighted by atomic mass is 10.1. The van der Waals surface area contributed by atoms with Gasteiger partial charge in [0.25, 0.3) is 0 Å². The fourth-order valence-corrected chi connectivity index (χ4v) is 0.628. The highest BCUT2D eigenvalue weighted by Gasteiger charge is 1.94. The number of nitrogens with one attached hydrogen (secondary N) is 1. The van der Waals surface area contributed by atoms with Crippen molar-refractivity contribution in [3.05, 3.63) is 29.7 Å². The van der Waals surface area contributed by atoms with Crippen LogP contribution in [0.4, 0.5) is 0 Å². The molecule has 9 heavy (non-hydrogen) atoms. The van der Waals surface area contributed by atoms with Gasteiger partial charge in [-0.15, -0.1) is 0 Å². The van der Waals surface area contributed by atoms with E-state index in [1.54, 1.807) is 12.2 Å². The van der Waals surface area contributed by atoms with E-state index in [0.717, 1.165) is 5.71 Å². The van der Waals surface area contributed by atoms with E-state index in [1.807, 2.05) is 19.2 Å². The molecule has 1 aliphatic rings. The number of rotatable bonds is 0. The van der Waals surface area contributed by atoms with Gasteiger partial charge < -0.3 is 5.41 Å². The molecule has 0 amide bonds. The van der Waals surface area contributed by atoms with E-state index in [2.05, 4.69) is 4.99 Å². The maximum Gasteiger partial charge on any atom is 0.197 e. The summed E-state index contributed by atoms with van der Waals surface area (Å²) in [6.07, 6.45) is 6.92.